The molecule has 1 aliphatic heterocycles. The van der Waals surface area contributed by atoms with Gasteiger partial charge in [0, 0.05) is 7.11 Å². The highest BCUT2D eigenvalue weighted by atomic mass is 16.7. The molecule has 0 aromatic heterocycles. The van der Waals surface area contributed by atoms with Gasteiger partial charge in [-0.25, -0.2) is 9.59 Å². The molecule has 0 unspecified atom stereocenters. The maximum atomic E-state index is 12.5. The monoisotopic (exact) mass is 381 g/mol. The highest BCUT2D eigenvalue weighted by Gasteiger charge is 2.50. The van der Waals surface area contributed by atoms with Gasteiger partial charge in [0.1, 0.15) is 6.10 Å². The van der Waals surface area contributed by atoms with Gasteiger partial charge in [0.2, 0.25) is 0 Å². The van der Waals surface area contributed by atoms with E-state index in [1.54, 1.807) is 60.7 Å². The summed E-state index contributed by atoms with van der Waals surface area (Å²) in [6.45, 7) is 0. The molecule has 1 saturated heterocycles. The standard InChI is InChI=1S/C21H19NO6/c1-25-21-18(28-20(24)15-10-6-3-7-11-15)17(16(26-21)12-13-22)27-19(23)14-8-4-2-5-9-14/h2-11,16-18,21H,12H2,1H3/t16-,17-,18-,21-/m1/s1. The van der Waals surface area contributed by atoms with Crippen LogP contribution in [0.1, 0.15) is 27.1 Å². The number of rotatable bonds is 6. The third-order valence-corrected chi connectivity index (χ3v) is 4.30. The summed E-state index contributed by atoms with van der Waals surface area (Å²) in [6, 6.07) is 18.8. The van der Waals surface area contributed by atoms with Gasteiger partial charge in [-0.2, -0.15) is 5.26 Å². The van der Waals surface area contributed by atoms with E-state index in [2.05, 4.69) is 0 Å². The number of carbonyl (C=O) groups is 2. The van der Waals surface area contributed by atoms with Gasteiger partial charge in [0.25, 0.3) is 0 Å². The molecule has 7 nitrogen and oxygen atoms in total. The second-order valence-corrected chi connectivity index (χ2v) is 6.11. The zero-order valence-electron chi connectivity index (χ0n) is 15.2. The first-order valence-corrected chi connectivity index (χ1v) is 8.71. The number of carbonyl (C=O) groups excluding carboxylic acids is 2. The van der Waals surface area contributed by atoms with Crippen LogP contribution in [-0.2, 0) is 18.9 Å². The zero-order valence-corrected chi connectivity index (χ0v) is 15.2. The van der Waals surface area contributed by atoms with Crippen LogP contribution in [0.2, 0.25) is 0 Å². The lowest BCUT2D eigenvalue weighted by atomic mass is 10.1. The van der Waals surface area contributed by atoms with Crippen molar-refractivity contribution in [3.8, 4) is 6.07 Å². The summed E-state index contributed by atoms with van der Waals surface area (Å²) in [5, 5.41) is 9.08. The molecule has 7 heteroatoms. The van der Waals surface area contributed by atoms with Gasteiger partial charge in [-0.15, -0.1) is 0 Å². The molecule has 0 spiro atoms. The van der Waals surface area contributed by atoms with Crippen molar-refractivity contribution in [1.29, 1.82) is 5.26 Å². The molecular weight excluding hydrogens is 362 g/mol. The minimum Gasteiger partial charge on any atom is -0.452 e. The molecule has 144 valence electrons. The van der Waals surface area contributed by atoms with Crippen LogP contribution in [0.5, 0.6) is 0 Å². The van der Waals surface area contributed by atoms with Crippen LogP contribution in [-0.4, -0.2) is 43.7 Å². The SMILES string of the molecule is CO[C@@H]1O[C@H](CC#N)[C@@H](OC(=O)c2ccccc2)[C@H]1OC(=O)c1ccccc1. The Morgan fingerprint density at radius 2 is 1.43 bits per heavy atom. The van der Waals surface area contributed by atoms with Crippen molar-refractivity contribution >= 4 is 11.9 Å². The number of benzene rings is 2. The van der Waals surface area contributed by atoms with Crippen molar-refractivity contribution in [3.63, 3.8) is 0 Å². The minimum atomic E-state index is -1.01. The maximum absolute atomic E-state index is 12.5. The number of nitriles is 1. The predicted molar refractivity (Wildman–Crippen MR) is 97.2 cm³/mol. The van der Waals surface area contributed by atoms with Gasteiger partial charge in [-0.3, -0.25) is 0 Å². The molecule has 2 aromatic rings. The molecule has 0 aliphatic carbocycles. The van der Waals surface area contributed by atoms with E-state index in [0.717, 1.165) is 0 Å². The van der Waals surface area contributed by atoms with Gasteiger partial charge in [-0.1, -0.05) is 36.4 Å². The first-order valence-electron chi connectivity index (χ1n) is 8.71. The molecule has 0 bridgehead atoms. The van der Waals surface area contributed by atoms with Gasteiger partial charge >= 0.3 is 11.9 Å². The molecule has 2 aromatic carbocycles. The van der Waals surface area contributed by atoms with Crippen LogP contribution in [0.25, 0.3) is 0 Å². The average Bonchev–Trinajstić information content (AvgIpc) is 3.05. The second-order valence-electron chi connectivity index (χ2n) is 6.11. The maximum Gasteiger partial charge on any atom is 0.338 e. The predicted octanol–water partition coefficient (Wildman–Crippen LogP) is 2.72. The molecule has 0 radical (unpaired) electrons. The van der Waals surface area contributed by atoms with Crippen molar-refractivity contribution in [2.24, 2.45) is 0 Å². The van der Waals surface area contributed by atoms with Gasteiger partial charge < -0.3 is 18.9 Å². The highest BCUT2D eigenvalue weighted by Crippen LogP contribution is 2.30. The number of hydrogen-bond acceptors (Lipinski definition) is 7. The fraction of sp³-hybridized carbons (Fsp3) is 0.286. The van der Waals surface area contributed by atoms with E-state index >= 15 is 0 Å². The van der Waals surface area contributed by atoms with Crippen molar-refractivity contribution in [1.82, 2.24) is 0 Å². The summed E-state index contributed by atoms with van der Waals surface area (Å²) < 4.78 is 22.0. The Hall–Kier alpha value is -3.21. The molecule has 0 saturated carbocycles. The fourth-order valence-electron chi connectivity index (χ4n) is 2.93. The van der Waals surface area contributed by atoms with E-state index in [1.807, 2.05) is 6.07 Å². The third-order valence-electron chi connectivity index (χ3n) is 4.30. The normalized spacial score (nSPS) is 23.6. The fourth-order valence-corrected chi connectivity index (χ4v) is 2.93. The number of methoxy groups -OCH3 is 1. The van der Waals surface area contributed by atoms with Crippen molar-refractivity contribution in [3.05, 3.63) is 71.8 Å². The Labute approximate surface area is 162 Å². The van der Waals surface area contributed by atoms with Gasteiger partial charge in [0.05, 0.1) is 23.6 Å². The number of hydrogen-bond donors (Lipinski definition) is 0. The van der Waals surface area contributed by atoms with Gasteiger partial charge in [-0.05, 0) is 24.3 Å². The van der Waals surface area contributed by atoms with Crippen LogP contribution in [0, 0.1) is 11.3 Å². The summed E-state index contributed by atoms with van der Waals surface area (Å²) in [6.07, 6.45) is -3.78. The Bertz CT molecular complexity index is 848. The number of nitrogens with zero attached hydrogens (tertiary/aromatic N) is 1. The number of ether oxygens (including phenoxy) is 4. The molecule has 28 heavy (non-hydrogen) atoms. The molecule has 1 heterocycles. The summed E-state index contributed by atoms with van der Waals surface area (Å²) >= 11 is 0. The molecule has 4 atom stereocenters. The van der Waals surface area contributed by atoms with Crippen molar-refractivity contribution < 1.29 is 28.5 Å². The lowest BCUT2D eigenvalue weighted by Crippen LogP contribution is -2.41. The van der Waals surface area contributed by atoms with Crippen LogP contribution in [0.4, 0.5) is 0 Å². The number of esters is 2. The highest BCUT2D eigenvalue weighted by molar-refractivity contribution is 5.90. The molecule has 1 fully saturated rings. The first kappa shape index (κ1) is 19.5. The van der Waals surface area contributed by atoms with E-state index in [0.29, 0.717) is 11.1 Å². The topological polar surface area (TPSA) is 94.9 Å². The summed E-state index contributed by atoms with van der Waals surface area (Å²) in [7, 11) is 1.39. The summed E-state index contributed by atoms with van der Waals surface area (Å²) in [5.41, 5.74) is 0.682. The molecule has 0 amide bonds. The first-order chi connectivity index (χ1) is 13.6. The van der Waals surface area contributed by atoms with Crippen molar-refractivity contribution in [2.45, 2.75) is 31.0 Å². The zero-order chi connectivity index (χ0) is 19.9. The second kappa shape index (κ2) is 9.13. The Morgan fingerprint density at radius 1 is 0.929 bits per heavy atom. The third kappa shape index (κ3) is 4.36. The van der Waals surface area contributed by atoms with Gasteiger partial charge in [0.15, 0.2) is 18.5 Å². The van der Waals surface area contributed by atoms with E-state index in [4.69, 9.17) is 24.2 Å². The van der Waals surface area contributed by atoms with E-state index in [9.17, 15) is 9.59 Å². The molecule has 1 aliphatic rings. The Balaban J connectivity index is 1.82. The van der Waals surface area contributed by atoms with E-state index in [1.165, 1.54) is 7.11 Å². The van der Waals surface area contributed by atoms with Crippen molar-refractivity contribution in [2.75, 3.05) is 7.11 Å². The van der Waals surface area contributed by atoms with E-state index < -0.39 is 36.5 Å². The summed E-state index contributed by atoms with van der Waals surface area (Å²) in [4.78, 5) is 25.0. The molecular formula is C21H19NO6. The van der Waals surface area contributed by atoms with Crippen LogP contribution in [0.3, 0.4) is 0 Å². The Kier molecular flexibility index (Phi) is 6.37. The van der Waals surface area contributed by atoms with E-state index in [-0.39, 0.29) is 6.42 Å². The van der Waals surface area contributed by atoms with Crippen LogP contribution >= 0.6 is 0 Å². The average molecular weight is 381 g/mol. The summed E-state index contributed by atoms with van der Waals surface area (Å²) in [5.74, 6) is -1.20. The lowest BCUT2D eigenvalue weighted by Gasteiger charge is -2.23. The smallest absolute Gasteiger partial charge is 0.338 e. The largest absolute Gasteiger partial charge is 0.452 e. The Morgan fingerprint density at radius 3 is 1.89 bits per heavy atom. The minimum absolute atomic E-state index is 0.0496. The van der Waals surface area contributed by atoms with Crippen LogP contribution in [0.15, 0.2) is 60.7 Å². The quantitative estimate of drug-likeness (QED) is 0.710. The van der Waals surface area contributed by atoms with Crippen LogP contribution < -0.4 is 0 Å². The molecule has 0 N–H and O–H groups in total. The molecule has 3 rings (SSSR count). The lowest BCUT2D eigenvalue weighted by molar-refractivity contribution is -0.149.